The molecule has 3 heteroatoms. The molecule has 31 heavy (non-hydrogen) atoms. The molecule has 1 aliphatic heterocycles. The second kappa shape index (κ2) is 8.07. The van der Waals surface area contributed by atoms with Crippen LogP contribution in [-0.2, 0) is 0 Å². The maximum absolute atomic E-state index is 5.98. The molecule has 0 amide bonds. The zero-order valence-electron chi connectivity index (χ0n) is 19.2. The Morgan fingerprint density at radius 2 is 1.61 bits per heavy atom. The molecule has 1 aliphatic rings. The molecule has 0 spiro atoms. The fraction of sp³-hybridized carbons (Fsp3) is 0.250. The summed E-state index contributed by atoms with van der Waals surface area (Å²) in [7, 11) is 2.16. The van der Waals surface area contributed by atoms with Crippen LogP contribution in [0.4, 0.5) is 11.4 Å². The average molecular weight is 411 g/mol. The molecule has 0 aliphatic carbocycles. The molecule has 3 aromatic rings. The minimum Gasteiger partial charge on any atom is -0.457 e. The number of likely N-dealkylation sites (N-methyl/N-ethyl adjacent to an activating group) is 1. The van der Waals surface area contributed by atoms with Gasteiger partial charge in [-0.1, -0.05) is 24.3 Å². The minimum absolute atomic E-state index is 0.0151. The van der Waals surface area contributed by atoms with Crippen LogP contribution in [0, 0.1) is 13.8 Å². The predicted molar refractivity (Wildman–Crippen MR) is 132 cm³/mol. The van der Waals surface area contributed by atoms with Crippen LogP contribution < -0.4 is 9.64 Å². The molecule has 1 heterocycles. The van der Waals surface area contributed by atoms with Gasteiger partial charge in [-0.15, -0.1) is 0 Å². The van der Waals surface area contributed by atoms with Crippen LogP contribution in [0.2, 0.25) is 0 Å². The number of benzene rings is 3. The highest BCUT2D eigenvalue weighted by Crippen LogP contribution is 2.39. The lowest BCUT2D eigenvalue weighted by Gasteiger charge is -2.41. The number of hydrogen-bond donors (Lipinski definition) is 0. The molecule has 0 saturated heterocycles. The maximum atomic E-state index is 5.98. The van der Waals surface area contributed by atoms with E-state index >= 15 is 0 Å². The predicted octanol–water partition coefficient (Wildman–Crippen LogP) is 7.48. The highest BCUT2D eigenvalue weighted by Gasteiger charge is 2.28. The molecule has 0 bridgehead atoms. The van der Waals surface area contributed by atoms with Crippen LogP contribution in [0.3, 0.4) is 0 Å². The molecular weight excluding hydrogens is 380 g/mol. The quantitative estimate of drug-likeness (QED) is 0.417. The fourth-order valence-electron chi connectivity index (χ4n) is 4.00. The number of para-hydroxylation sites is 1. The first-order chi connectivity index (χ1) is 14.7. The first kappa shape index (κ1) is 20.9. The van der Waals surface area contributed by atoms with E-state index < -0.39 is 0 Å². The van der Waals surface area contributed by atoms with Gasteiger partial charge >= 0.3 is 0 Å². The average Bonchev–Trinajstić information content (AvgIpc) is 2.73. The zero-order chi connectivity index (χ0) is 22.2. The van der Waals surface area contributed by atoms with Crippen molar-refractivity contribution >= 4 is 23.2 Å². The van der Waals surface area contributed by atoms with Crippen molar-refractivity contribution < 1.29 is 4.74 Å². The SMILES string of the molecule is CC1=CC(C)(C)N(C)c2cc(C)c(C=Nc3ccc(Oc4ccccc4C)cc3)cc21. The Morgan fingerprint density at radius 3 is 2.32 bits per heavy atom. The van der Waals surface area contributed by atoms with Gasteiger partial charge in [0.2, 0.25) is 0 Å². The molecule has 158 valence electrons. The first-order valence-corrected chi connectivity index (χ1v) is 10.7. The summed E-state index contributed by atoms with van der Waals surface area (Å²) in [6.07, 6.45) is 4.29. The number of anilines is 1. The lowest BCUT2D eigenvalue weighted by molar-refractivity contribution is 0.479. The second-order valence-electron chi connectivity index (χ2n) is 8.89. The Balaban J connectivity index is 1.55. The molecule has 3 nitrogen and oxygen atoms in total. The number of rotatable bonds is 4. The fourth-order valence-corrected chi connectivity index (χ4v) is 4.00. The number of ether oxygens (including phenoxy) is 1. The van der Waals surface area contributed by atoms with Gasteiger partial charge < -0.3 is 9.64 Å². The van der Waals surface area contributed by atoms with Gasteiger partial charge in [0.15, 0.2) is 0 Å². The second-order valence-corrected chi connectivity index (χ2v) is 8.89. The summed E-state index contributed by atoms with van der Waals surface area (Å²) in [6, 6.07) is 20.4. The van der Waals surface area contributed by atoms with E-state index in [1.54, 1.807) is 0 Å². The van der Waals surface area contributed by atoms with E-state index in [1.807, 2.05) is 61.7 Å². The molecule has 0 saturated carbocycles. The third-order valence-corrected chi connectivity index (χ3v) is 6.12. The largest absolute Gasteiger partial charge is 0.457 e. The van der Waals surface area contributed by atoms with Crippen molar-refractivity contribution in [2.24, 2.45) is 4.99 Å². The molecule has 0 fully saturated rings. The monoisotopic (exact) mass is 410 g/mol. The number of fused-ring (bicyclic) bond motifs is 1. The van der Waals surface area contributed by atoms with Crippen molar-refractivity contribution in [2.45, 2.75) is 40.2 Å². The summed E-state index contributed by atoms with van der Waals surface area (Å²) >= 11 is 0. The zero-order valence-corrected chi connectivity index (χ0v) is 19.2. The smallest absolute Gasteiger partial charge is 0.130 e. The van der Waals surface area contributed by atoms with E-state index in [1.165, 1.54) is 22.4 Å². The Hall–Kier alpha value is -3.33. The van der Waals surface area contributed by atoms with Crippen LogP contribution in [0.5, 0.6) is 11.5 Å². The number of aliphatic imine (C=N–C) groups is 1. The minimum atomic E-state index is 0.0151. The van der Waals surface area contributed by atoms with Gasteiger partial charge in [-0.25, -0.2) is 0 Å². The summed E-state index contributed by atoms with van der Waals surface area (Å²) in [4.78, 5) is 7.05. The third kappa shape index (κ3) is 4.27. The van der Waals surface area contributed by atoms with E-state index in [2.05, 4.69) is 57.9 Å². The summed E-state index contributed by atoms with van der Waals surface area (Å²) in [6.45, 7) is 10.9. The van der Waals surface area contributed by atoms with E-state index in [4.69, 9.17) is 9.73 Å². The highest BCUT2D eigenvalue weighted by atomic mass is 16.5. The van der Waals surface area contributed by atoms with Gasteiger partial charge in [0, 0.05) is 24.5 Å². The van der Waals surface area contributed by atoms with Crippen molar-refractivity contribution in [1.82, 2.24) is 0 Å². The standard InChI is InChI=1S/C28H30N2O/c1-19-9-7-8-10-27(19)31-24-13-11-23(12-14-24)29-18-22-16-25-21(3)17-28(4,5)30(6)26(25)15-20(22)2/h7-18H,1-6H3. The number of aryl methyl sites for hydroxylation is 2. The van der Waals surface area contributed by atoms with Gasteiger partial charge in [0.1, 0.15) is 11.5 Å². The van der Waals surface area contributed by atoms with Crippen LogP contribution in [0.25, 0.3) is 5.57 Å². The molecule has 0 N–H and O–H groups in total. The Morgan fingerprint density at radius 1 is 0.903 bits per heavy atom. The molecule has 3 aromatic carbocycles. The van der Waals surface area contributed by atoms with E-state index in [0.717, 1.165) is 28.3 Å². The van der Waals surface area contributed by atoms with Gasteiger partial charge in [-0.2, -0.15) is 0 Å². The van der Waals surface area contributed by atoms with E-state index in [-0.39, 0.29) is 5.54 Å². The molecule has 0 aromatic heterocycles. The van der Waals surface area contributed by atoms with Crippen LogP contribution in [0.1, 0.15) is 43.0 Å². The molecule has 0 radical (unpaired) electrons. The number of hydrogen-bond acceptors (Lipinski definition) is 3. The summed E-state index contributed by atoms with van der Waals surface area (Å²) in [5, 5.41) is 0. The van der Waals surface area contributed by atoms with Crippen LogP contribution in [0.15, 0.2) is 71.7 Å². The first-order valence-electron chi connectivity index (χ1n) is 10.7. The Labute approximate surface area is 185 Å². The highest BCUT2D eigenvalue weighted by molar-refractivity contribution is 5.90. The van der Waals surface area contributed by atoms with E-state index in [0.29, 0.717) is 0 Å². The van der Waals surface area contributed by atoms with Gasteiger partial charge in [0.05, 0.1) is 11.2 Å². The lowest BCUT2D eigenvalue weighted by Crippen LogP contribution is -2.42. The molecule has 0 atom stereocenters. The number of nitrogens with zero attached hydrogens (tertiary/aromatic N) is 2. The molecule has 0 unspecified atom stereocenters. The summed E-state index contributed by atoms with van der Waals surface area (Å²) in [5.41, 5.74) is 8.25. The molecular formula is C28H30N2O. The topological polar surface area (TPSA) is 24.8 Å². The van der Waals surface area contributed by atoms with Gasteiger partial charge in [0.25, 0.3) is 0 Å². The van der Waals surface area contributed by atoms with Crippen molar-refractivity contribution in [3.8, 4) is 11.5 Å². The van der Waals surface area contributed by atoms with Gasteiger partial charge in [-0.05, 0) is 99.3 Å². The van der Waals surface area contributed by atoms with Crippen molar-refractivity contribution in [3.63, 3.8) is 0 Å². The normalized spacial score (nSPS) is 15.0. The van der Waals surface area contributed by atoms with Crippen LogP contribution >= 0.6 is 0 Å². The van der Waals surface area contributed by atoms with Crippen molar-refractivity contribution in [1.29, 1.82) is 0 Å². The lowest BCUT2D eigenvalue weighted by atomic mass is 9.87. The summed E-state index contributed by atoms with van der Waals surface area (Å²) < 4.78 is 5.98. The maximum Gasteiger partial charge on any atom is 0.130 e. The Kier molecular flexibility index (Phi) is 5.45. The summed E-state index contributed by atoms with van der Waals surface area (Å²) in [5.74, 6) is 1.68. The van der Waals surface area contributed by atoms with E-state index in [9.17, 15) is 0 Å². The van der Waals surface area contributed by atoms with Crippen molar-refractivity contribution in [3.05, 3.63) is 89.0 Å². The van der Waals surface area contributed by atoms with Crippen LogP contribution in [-0.4, -0.2) is 18.8 Å². The number of allylic oxidation sites excluding steroid dienone is 1. The third-order valence-electron chi connectivity index (χ3n) is 6.12. The van der Waals surface area contributed by atoms with Gasteiger partial charge in [-0.3, -0.25) is 4.99 Å². The molecule has 4 rings (SSSR count). The Bertz CT molecular complexity index is 1170. The van der Waals surface area contributed by atoms with Crippen molar-refractivity contribution in [2.75, 3.05) is 11.9 Å².